The van der Waals surface area contributed by atoms with E-state index in [1.807, 2.05) is 42.5 Å². The Morgan fingerprint density at radius 1 is 1.00 bits per heavy atom. The highest BCUT2D eigenvalue weighted by Crippen LogP contribution is 2.19. The predicted molar refractivity (Wildman–Crippen MR) is 102 cm³/mol. The SMILES string of the molecule is O=C(N/N=C/c1cccc2ccccc12)C(=O)Nc1ccc(Br)cc1F. The summed E-state index contributed by atoms with van der Waals surface area (Å²) in [5, 5.41) is 8.00. The molecule has 3 aromatic rings. The number of carbonyl (C=O) groups is 2. The molecular weight excluding hydrogens is 401 g/mol. The number of anilines is 1. The molecule has 5 nitrogen and oxygen atoms in total. The minimum atomic E-state index is -1.01. The van der Waals surface area contributed by atoms with Crippen molar-refractivity contribution in [2.24, 2.45) is 5.10 Å². The molecule has 130 valence electrons. The fraction of sp³-hybridized carbons (Fsp3) is 0. The topological polar surface area (TPSA) is 70.6 Å². The Bertz CT molecular complexity index is 1020. The molecule has 0 saturated carbocycles. The summed E-state index contributed by atoms with van der Waals surface area (Å²) in [6, 6.07) is 17.5. The van der Waals surface area contributed by atoms with E-state index >= 15 is 0 Å². The lowest BCUT2D eigenvalue weighted by Crippen LogP contribution is -2.32. The van der Waals surface area contributed by atoms with Gasteiger partial charge in [-0.05, 0) is 29.0 Å². The minimum Gasteiger partial charge on any atom is -0.315 e. The molecular formula is C19H13BrFN3O2. The van der Waals surface area contributed by atoms with E-state index < -0.39 is 17.6 Å². The quantitative estimate of drug-likeness (QED) is 0.389. The van der Waals surface area contributed by atoms with Gasteiger partial charge in [-0.1, -0.05) is 58.4 Å². The van der Waals surface area contributed by atoms with E-state index in [2.05, 4.69) is 31.8 Å². The monoisotopic (exact) mass is 413 g/mol. The van der Waals surface area contributed by atoms with Gasteiger partial charge in [0.15, 0.2) is 0 Å². The van der Waals surface area contributed by atoms with E-state index in [-0.39, 0.29) is 5.69 Å². The van der Waals surface area contributed by atoms with Gasteiger partial charge in [-0.2, -0.15) is 5.10 Å². The average molecular weight is 414 g/mol. The maximum atomic E-state index is 13.7. The summed E-state index contributed by atoms with van der Waals surface area (Å²) in [4.78, 5) is 23.6. The van der Waals surface area contributed by atoms with Crippen LogP contribution in [0.15, 0.2) is 70.2 Å². The molecule has 0 atom stereocenters. The Morgan fingerprint density at radius 3 is 2.58 bits per heavy atom. The van der Waals surface area contributed by atoms with Crippen LogP contribution < -0.4 is 10.7 Å². The van der Waals surface area contributed by atoms with Crippen molar-refractivity contribution < 1.29 is 14.0 Å². The molecule has 0 fully saturated rings. The van der Waals surface area contributed by atoms with E-state index in [0.717, 1.165) is 16.3 Å². The number of hydrogen-bond donors (Lipinski definition) is 2. The largest absolute Gasteiger partial charge is 0.329 e. The summed E-state index contributed by atoms with van der Waals surface area (Å²) < 4.78 is 14.2. The zero-order chi connectivity index (χ0) is 18.5. The number of fused-ring (bicyclic) bond motifs is 1. The number of amides is 2. The van der Waals surface area contributed by atoms with Crippen LogP contribution in [0.4, 0.5) is 10.1 Å². The number of nitrogens with zero attached hydrogens (tertiary/aromatic N) is 1. The lowest BCUT2D eigenvalue weighted by Gasteiger charge is -2.05. The van der Waals surface area contributed by atoms with Crippen LogP contribution in [0.3, 0.4) is 0 Å². The predicted octanol–water partition coefficient (Wildman–Crippen LogP) is 3.83. The van der Waals surface area contributed by atoms with Crippen molar-refractivity contribution in [3.05, 3.63) is 76.5 Å². The lowest BCUT2D eigenvalue weighted by molar-refractivity contribution is -0.136. The first-order chi connectivity index (χ1) is 12.5. The van der Waals surface area contributed by atoms with Crippen LogP contribution in [-0.2, 0) is 9.59 Å². The van der Waals surface area contributed by atoms with Gasteiger partial charge in [0.25, 0.3) is 0 Å². The molecule has 0 saturated heterocycles. The second kappa shape index (κ2) is 7.88. The second-order valence-electron chi connectivity index (χ2n) is 5.35. The van der Waals surface area contributed by atoms with Crippen molar-refractivity contribution in [1.29, 1.82) is 0 Å². The Morgan fingerprint density at radius 2 is 1.77 bits per heavy atom. The summed E-state index contributed by atoms with van der Waals surface area (Å²) in [6.07, 6.45) is 1.45. The molecule has 0 heterocycles. The fourth-order valence-corrected chi connectivity index (χ4v) is 2.68. The van der Waals surface area contributed by atoms with Gasteiger partial charge in [0.1, 0.15) is 5.82 Å². The number of carbonyl (C=O) groups excluding carboxylic acids is 2. The smallest absolute Gasteiger partial charge is 0.315 e. The molecule has 0 aromatic heterocycles. The third-order valence-corrected chi connectivity index (χ3v) is 4.07. The normalized spacial score (nSPS) is 10.8. The van der Waals surface area contributed by atoms with Crippen LogP contribution in [0.1, 0.15) is 5.56 Å². The van der Waals surface area contributed by atoms with Crippen LogP contribution in [-0.4, -0.2) is 18.0 Å². The number of halogens is 2. The second-order valence-corrected chi connectivity index (χ2v) is 6.26. The van der Waals surface area contributed by atoms with Gasteiger partial charge in [-0.15, -0.1) is 0 Å². The molecule has 7 heteroatoms. The number of rotatable bonds is 3. The van der Waals surface area contributed by atoms with Gasteiger partial charge in [-0.25, -0.2) is 9.82 Å². The Hall–Kier alpha value is -3.06. The molecule has 2 N–H and O–H groups in total. The molecule has 0 bridgehead atoms. The van der Waals surface area contributed by atoms with Gasteiger partial charge in [0.2, 0.25) is 0 Å². The molecule has 3 rings (SSSR count). The lowest BCUT2D eigenvalue weighted by atomic mass is 10.1. The summed E-state index contributed by atoms with van der Waals surface area (Å²) in [6.45, 7) is 0. The zero-order valence-electron chi connectivity index (χ0n) is 13.4. The van der Waals surface area contributed by atoms with Gasteiger partial charge in [0.05, 0.1) is 11.9 Å². The molecule has 0 aliphatic heterocycles. The third kappa shape index (κ3) is 4.12. The van der Waals surface area contributed by atoms with Crippen molar-refractivity contribution in [2.75, 3.05) is 5.32 Å². The number of hydrogen-bond acceptors (Lipinski definition) is 3. The molecule has 0 aliphatic carbocycles. The summed E-state index contributed by atoms with van der Waals surface area (Å²) in [5.74, 6) is -2.66. The third-order valence-electron chi connectivity index (χ3n) is 3.58. The molecule has 26 heavy (non-hydrogen) atoms. The van der Waals surface area contributed by atoms with Gasteiger partial charge >= 0.3 is 11.8 Å². The summed E-state index contributed by atoms with van der Waals surface area (Å²) in [7, 11) is 0. The highest BCUT2D eigenvalue weighted by molar-refractivity contribution is 9.10. The Kier molecular flexibility index (Phi) is 5.38. The Balaban J connectivity index is 1.66. The maximum Gasteiger partial charge on any atom is 0.329 e. The Labute approximate surface area is 157 Å². The van der Waals surface area contributed by atoms with Crippen molar-refractivity contribution >= 4 is 50.4 Å². The van der Waals surface area contributed by atoms with E-state index in [1.54, 1.807) is 6.07 Å². The molecule has 0 unspecified atom stereocenters. The van der Waals surface area contributed by atoms with Crippen LogP contribution in [0.5, 0.6) is 0 Å². The van der Waals surface area contributed by atoms with E-state index in [1.165, 1.54) is 18.3 Å². The van der Waals surface area contributed by atoms with E-state index in [9.17, 15) is 14.0 Å². The average Bonchev–Trinajstić information content (AvgIpc) is 2.64. The van der Waals surface area contributed by atoms with Crippen molar-refractivity contribution in [1.82, 2.24) is 5.43 Å². The van der Waals surface area contributed by atoms with Crippen LogP contribution in [0.2, 0.25) is 0 Å². The first-order valence-corrected chi connectivity index (χ1v) is 8.41. The molecule has 0 radical (unpaired) electrons. The highest BCUT2D eigenvalue weighted by atomic mass is 79.9. The van der Waals surface area contributed by atoms with E-state index in [0.29, 0.717) is 4.47 Å². The molecule has 2 amide bonds. The van der Waals surface area contributed by atoms with Crippen molar-refractivity contribution in [3.63, 3.8) is 0 Å². The van der Waals surface area contributed by atoms with Gasteiger partial charge < -0.3 is 5.32 Å². The van der Waals surface area contributed by atoms with E-state index in [4.69, 9.17) is 0 Å². The van der Waals surface area contributed by atoms with Crippen molar-refractivity contribution in [2.45, 2.75) is 0 Å². The molecule has 0 spiro atoms. The van der Waals surface area contributed by atoms with Crippen molar-refractivity contribution in [3.8, 4) is 0 Å². The highest BCUT2D eigenvalue weighted by Gasteiger charge is 2.15. The van der Waals surface area contributed by atoms with Crippen LogP contribution in [0.25, 0.3) is 10.8 Å². The van der Waals surface area contributed by atoms with Gasteiger partial charge in [0, 0.05) is 10.0 Å². The standard InChI is InChI=1S/C19H13BrFN3O2/c20-14-8-9-17(16(21)10-14)23-18(25)19(26)24-22-11-13-6-3-5-12-4-1-2-7-15(12)13/h1-11H,(H,23,25)(H,24,26)/b22-11+. The van der Waals surface area contributed by atoms with Gasteiger partial charge in [-0.3, -0.25) is 9.59 Å². The number of benzene rings is 3. The first kappa shape index (κ1) is 17.8. The summed E-state index contributed by atoms with van der Waals surface area (Å²) in [5.41, 5.74) is 2.84. The molecule has 0 aliphatic rings. The first-order valence-electron chi connectivity index (χ1n) is 7.62. The number of hydrazone groups is 1. The maximum absolute atomic E-state index is 13.7. The zero-order valence-corrected chi connectivity index (χ0v) is 15.0. The fourth-order valence-electron chi connectivity index (χ4n) is 2.34. The minimum absolute atomic E-state index is 0.0913. The number of nitrogens with one attached hydrogen (secondary N) is 2. The van der Waals surface area contributed by atoms with Crippen LogP contribution >= 0.6 is 15.9 Å². The van der Waals surface area contributed by atoms with Crippen LogP contribution in [0, 0.1) is 5.82 Å². The summed E-state index contributed by atoms with van der Waals surface area (Å²) >= 11 is 3.11. The molecule has 3 aromatic carbocycles.